The average Bonchev–Trinajstić information content (AvgIpc) is 3.16. The number of non-ortho nitro benzene ring substituents is 1. The summed E-state index contributed by atoms with van der Waals surface area (Å²) in [5.41, 5.74) is 0.709. The predicted molar refractivity (Wildman–Crippen MR) is 106 cm³/mol. The second-order valence-corrected chi connectivity index (χ2v) is 7.32. The zero-order chi connectivity index (χ0) is 20.4. The quantitative estimate of drug-likeness (QED) is 0.270. The number of hydrogen-bond donors (Lipinski definition) is 1. The van der Waals surface area contributed by atoms with Gasteiger partial charge in [-0.1, -0.05) is 37.8 Å². The van der Waals surface area contributed by atoms with Crippen LogP contribution in [0.3, 0.4) is 0 Å². The normalized spacial score (nSPS) is 19.4. The molecule has 8 heteroatoms. The Hall–Kier alpha value is -3.42. The molecule has 4 rings (SSSR count). The van der Waals surface area contributed by atoms with E-state index in [0.717, 1.165) is 38.5 Å². The third kappa shape index (κ3) is 3.91. The third-order valence-corrected chi connectivity index (χ3v) is 5.35. The number of benzene rings is 1. The lowest BCUT2D eigenvalue weighted by atomic mass is 10.1. The van der Waals surface area contributed by atoms with Crippen LogP contribution in [0, 0.1) is 10.1 Å². The van der Waals surface area contributed by atoms with Crippen LogP contribution in [-0.2, 0) is 4.79 Å². The highest BCUT2D eigenvalue weighted by molar-refractivity contribution is 6.14. The fraction of sp³-hybridized carbons (Fsp3) is 0.333. The summed E-state index contributed by atoms with van der Waals surface area (Å²) >= 11 is 0. The summed E-state index contributed by atoms with van der Waals surface area (Å²) in [6.07, 6.45) is 7.48. The average molecular weight is 395 g/mol. The van der Waals surface area contributed by atoms with Crippen LogP contribution in [-0.4, -0.2) is 27.8 Å². The van der Waals surface area contributed by atoms with E-state index in [1.54, 1.807) is 24.3 Å². The Balaban J connectivity index is 1.54. The highest BCUT2D eigenvalue weighted by Crippen LogP contribution is 2.29. The van der Waals surface area contributed by atoms with Crippen molar-refractivity contribution >= 4 is 23.7 Å². The van der Waals surface area contributed by atoms with Crippen LogP contribution in [0.1, 0.15) is 44.3 Å². The number of carbonyl (C=O) groups excluding carboxylic acids is 2. The van der Waals surface area contributed by atoms with Crippen molar-refractivity contribution in [2.75, 3.05) is 0 Å². The van der Waals surface area contributed by atoms with Crippen LogP contribution in [0.25, 0.3) is 17.4 Å². The van der Waals surface area contributed by atoms with Crippen molar-refractivity contribution in [2.24, 2.45) is 0 Å². The maximum Gasteiger partial charge on any atom is 0.329 e. The van der Waals surface area contributed by atoms with E-state index < -0.39 is 11.0 Å². The predicted octanol–water partition coefficient (Wildman–Crippen LogP) is 4.47. The van der Waals surface area contributed by atoms with Gasteiger partial charge in [0.15, 0.2) is 0 Å². The van der Waals surface area contributed by atoms with Gasteiger partial charge >= 0.3 is 6.03 Å². The summed E-state index contributed by atoms with van der Waals surface area (Å²) in [5, 5.41) is 13.6. The van der Waals surface area contributed by atoms with Gasteiger partial charge in [0.1, 0.15) is 17.2 Å². The van der Waals surface area contributed by atoms with Crippen molar-refractivity contribution in [3.05, 3.63) is 58.0 Å². The van der Waals surface area contributed by atoms with Crippen LogP contribution < -0.4 is 5.32 Å². The number of nitrogens with zero attached hydrogens (tertiary/aromatic N) is 2. The van der Waals surface area contributed by atoms with Crippen molar-refractivity contribution in [3.8, 4) is 11.3 Å². The number of amides is 3. The molecule has 2 aromatic rings. The fourth-order valence-corrected chi connectivity index (χ4v) is 3.90. The summed E-state index contributed by atoms with van der Waals surface area (Å²) in [5.74, 6) is 0.492. The Morgan fingerprint density at radius 2 is 1.86 bits per heavy atom. The van der Waals surface area contributed by atoms with Gasteiger partial charge in [-0.25, -0.2) is 4.79 Å². The first-order valence-corrected chi connectivity index (χ1v) is 9.74. The van der Waals surface area contributed by atoms with Gasteiger partial charge in [0, 0.05) is 29.8 Å². The molecule has 1 aromatic carbocycles. The van der Waals surface area contributed by atoms with Gasteiger partial charge in [-0.2, -0.15) is 0 Å². The summed E-state index contributed by atoms with van der Waals surface area (Å²) in [6, 6.07) is 9.01. The van der Waals surface area contributed by atoms with Crippen LogP contribution in [0.2, 0.25) is 0 Å². The number of nitro benzene ring substituents is 1. The zero-order valence-electron chi connectivity index (χ0n) is 15.8. The van der Waals surface area contributed by atoms with E-state index in [4.69, 9.17) is 4.42 Å². The van der Waals surface area contributed by atoms with Gasteiger partial charge in [-0.05, 0) is 25.0 Å². The monoisotopic (exact) mass is 395 g/mol. The molecule has 1 aliphatic carbocycles. The molecular weight excluding hydrogens is 374 g/mol. The Kier molecular flexibility index (Phi) is 5.16. The molecule has 1 aromatic heterocycles. The molecule has 2 fully saturated rings. The van der Waals surface area contributed by atoms with Crippen molar-refractivity contribution in [2.45, 2.75) is 44.6 Å². The maximum atomic E-state index is 12.8. The minimum Gasteiger partial charge on any atom is -0.457 e. The van der Waals surface area contributed by atoms with Crippen LogP contribution in [0.15, 0.2) is 46.5 Å². The highest BCUT2D eigenvalue weighted by Gasteiger charge is 2.38. The molecule has 29 heavy (non-hydrogen) atoms. The molecule has 0 radical (unpaired) electrons. The highest BCUT2D eigenvalue weighted by atomic mass is 16.6. The molecule has 0 atom stereocenters. The molecule has 2 aliphatic rings. The lowest BCUT2D eigenvalue weighted by Crippen LogP contribution is -2.40. The minimum atomic E-state index is -0.468. The lowest BCUT2D eigenvalue weighted by molar-refractivity contribution is -0.384. The number of hydrogen-bond acceptors (Lipinski definition) is 5. The molecule has 1 aliphatic heterocycles. The molecule has 150 valence electrons. The first-order valence-electron chi connectivity index (χ1n) is 9.74. The number of urea groups is 1. The standard InChI is InChI=1S/C21H21N3O5/c25-20-18(22-21(26)23(20)15-7-3-1-2-4-8-15)13-17-10-11-19(29-17)14-6-5-9-16(12-14)24(27)28/h5-6,9-13,15H,1-4,7-8H2,(H,22,26). The molecule has 1 saturated carbocycles. The first kappa shape index (κ1) is 18.9. The topological polar surface area (TPSA) is 106 Å². The number of nitro groups is 1. The van der Waals surface area contributed by atoms with Crippen LogP contribution >= 0.6 is 0 Å². The lowest BCUT2D eigenvalue weighted by Gasteiger charge is -2.23. The number of imide groups is 1. The first-order chi connectivity index (χ1) is 14.0. The molecule has 1 N–H and O–H groups in total. The second kappa shape index (κ2) is 7.90. The van der Waals surface area contributed by atoms with E-state index in [9.17, 15) is 19.7 Å². The van der Waals surface area contributed by atoms with Crippen molar-refractivity contribution in [3.63, 3.8) is 0 Å². The summed E-state index contributed by atoms with van der Waals surface area (Å²) < 4.78 is 5.73. The molecule has 8 nitrogen and oxygen atoms in total. The van der Waals surface area contributed by atoms with E-state index in [-0.39, 0.29) is 23.3 Å². The van der Waals surface area contributed by atoms with E-state index >= 15 is 0 Å². The fourth-order valence-electron chi connectivity index (χ4n) is 3.90. The SMILES string of the molecule is O=C1NC(=Cc2ccc(-c3cccc([N+](=O)[O-])c3)o2)C(=O)N1C1CCCCCC1. The maximum absolute atomic E-state index is 12.8. The minimum absolute atomic E-state index is 0.0314. The molecule has 0 spiro atoms. The van der Waals surface area contributed by atoms with Gasteiger partial charge in [-0.15, -0.1) is 0 Å². The number of rotatable bonds is 4. The summed E-state index contributed by atoms with van der Waals surface area (Å²) in [4.78, 5) is 37.0. The van der Waals surface area contributed by atoms with E-state index in [2.05, 4.69) is 5.32 Å². The number of nitrogens with one attached hydrogen (secondary N) is 1. The van der Waals surface area contributed by atoms with E-state index in [1.807, 2.05) is 0 Å². The van der Waals surface area contributed by atoms with Crippen molar-refractivity contribution in [1.29, 1.82) is 0 Å². The Bertz CT molecular complexity index is 986. The van der Waals surface area contributed by atoms with Gasteiger partial charge in [0.25, 0.3) is 11.6 Å². The zero-order valence-corrected chi connectivity index (χ0v) is 15.8. The number of carbonyl (C=O) groups is 2. The van der Waals surface area contributed by atoms with Gasteiger partial charge in [-0.3, -0.25) is 19.8 Å². The summed E-state index contributed by atoms with van der Waals surface area (Å²) in [6.45, 7) is 0. The number of furan rings is 1. The van der Waals surface area contributed by atoms with Crippen molar-refractivity contribution < 1.29 is 18.9 Å². The van der Waals surface area contributed by atoms with Crippen molar-refractivity contribution in [1.82, 2.24) is 10.2 Å². The van der Waals surface area contributed by atoms with E-state index in [0.29, 0.717) is 17.1 Å². The molecule has 0 bridgehead atoms. The third-order valence-electron chi connectivity index (χ3n) is 5.35. The second-order valence-electron chi connectivity index (χ2n) is 7.32. The van der Waals surface area contributed by atoms with Crippen LogP contribution in [0.5, 0.6) is 0 Å². The Morgan fingerprint density at radius 1 is 1.10 bits per heavy atom. The molecule has 1 saturated heterocycles. The van der Waals surface area contributed by atoms with Gasteiger partial charge in [0.05, 0.1) is 4.92 Å². The molecule has 0 unspecified atom stereocenters. The van der Waals surface area contributed by atoms with Crippen LogP contribution in [0.4, 0.5) is 10.5 Å². The van der Waals surface area contributed by atoms with E-state index in [1.165, 1.54) is 23.1 Å². The van der Waals surface area contributed by atoms with Gasteiger partial charge in [0.2, 0.25) is 0 Å². The Morgan fingerprint density at radius 3 is 2.59 bits per heavy atom. The van der Waals surface area contributed by atoms with Gasteiger partial charge < -0.3 is 9.73 Å². The summed E-state index contributed by atoms with van der Waals surface area (Å²) in [7, 11) is 0. The smallest absolute Gasteiger partial charge is 0.329 e. The largest absolute Gasteiger partial charge is 0.457 e. The molecular formula is C21H21N3O5. The molecule has 2 heterocycles. The Labute approximate surface area is 167 Å². The molecule has 3 amide bonds.